The van der Waals surface area contributed by atoms with Crippen LogP contribution in [-0.2, 0) is 37.2 Å². The first-order chi connectivity index (χ1) is 31.8. The van der Waals surface area contributed by atoms with Gasteiger partial charge < -0.3 is 35.5 Å². The number of piperidine rings is 2. The highest BCUT2D eigenvalue weighted by Crippen LogP contribution is 2.58. The molecule has 346 valence electrons. The number of aromatic nitrogens is 3. The summed E-state index contributed by atoms with van der Waals surface area (Å²) >= 11 is 3.62. The highest BCUT2D eigenvalue weighted by molar-refractivity contribution is 9.10. The average molecular weight is 978 g/mol. The van der Waals surface area contributed by atoms with E-state index in [2.05, 4.69) is 88.6 Å². The standard InChI is InChI=1S/C49H58BrN10O5P/c1-6-31-26-38(56-48-53-28-35(50)45(58-48)55-37-11-10-36-33(9-7-29(2)54-36)44(37)66(4,5)64)42(65-3)27-41(31)59-23-16-32(17-24-59)52-22-21-51-20-15-30-8-12-39-34(25-30)49(18-19-49)47(63)60(39)40-13-14-43(61)57-46(40)62/h7-12,25-28,32,40,51-52H,6,13-24H2,1-5H3,(H,57,61,62)(H2,53,55,56,58). The summed E-state index contributed by atoms with van der Waals surface area (Å²) in [5.41, 5.74) is 8.06. The van der Waals surface area contributed by atoms with Crippen LogP contribution < -0.4 is 46.4 Å². The number of carbonyl (C=O) groups is 3. The van der Waals surface area contributed by atoms with Gasteiger partial charge in [-0.2, -0.15) is 4.98 Å². The van der Waals surface area contributed by atoms with E-state index in [1.165, 1.54) is 16.8 Å². The number of nitrogens with zero attached hydrogens (tertiary/aromatic N) is 5. The zero-order valence-electron chi connectivity index (χ0n) is 38.2. The fourth-order valence-corrected chi connectivity index (χ4v) is 11.6. The van der Waals surface area contributed by atoms with Crippen LogP contribution in [0.4, 0.5) is 34.5 Å². The molecule has 5 aromatic rings. The van der Waals surface area contributed by atoms with Crippen LogP contribution in [0.3, 0.4) is 0 Å². The number of anilines is 6. The molecule has 17 heteroatoms. The van der Waals surface area contributed by atoms with Crippen LogP contribution in [-0.4, -0.2) is 97.9 Å². The van der Waals surface area contributed by atoms with E-state index in [0.717, 1.165) is 110 Å². The Kier molecular flexibility index (Phi) is 13.0. The topological polar surface area (TPSA) is 183 Å². The number of benzene rings is 3. The van der Waals surface area contributed by atoms with E-state index in [4.69, 9.17) is 9.72 Å². The summed E-state index contributed by atoms with van der Waals surface area (Å²) in [6.07, 6.45) is 7.64. The van der Waals surface area contributed by atoms with Crippen LogP contribution >= 0.6 is 23.1 Å². The zero-order chi connectivity index (χ0) is 46.3. The number of carbonyl (C=O) groups excluding carboxylic acids is 3. The fourth-order valence-electron chi connectivity index (χ4n) is 9.87. The summed E-state index contributed by atoms with van der Waals surface area (Å²) in [6.45, 7) is 12.1. The molecule has 1 aliphatic carbocycles. The van der Waals surface area contributed by atoms with Gasteiger partial charge in [0.05, 0.1) is 33.9 Å². The van der Waals surface area contributed by atoms with Gasteiger partial charge in [0.2, 0.25) is 23.7 Å². The average Bonchev–Trinajstić information content (AvgIpc) is 4.07. The summed E-state index contributed by atoms with van der Waals surface area (Å²) in [7, 11) is -1.05. The number of halogens is 1. The van der Waals surface area contributed by atoms with Gasteiger partial charge in [0.25, 0.3) is 0 Å². The molecule has 2 saturated heterocycles. The molecule has 15 nitrogen and oxygen atoms in total. The van der Waals surface area contributed by atoms with Crippen LogP contribution in [0.5, 0.6) is 5.75 Å². The lowest BCUT2D eigenvalue weighted by Gasteiger charge is -2.35. The lowest BCUT2D eigenvalue weighted by molar-refractivity contribution is -0.135. The number of rotatable bonds is 16. The minimum absolute atomic E-state index is 0.00109. The van der Waals surface area contributed by atoms with Crippen molar-refractivity contribution in [2.75, 3.05) is 73.6 Å². The Bertz CT molecular complexity index is 2770. The van der Waals surface area contributed by atoms with Gasteiger partial charge >= 0.3 is 0 Å². The maximum absolute atomic E-state index is 13.6. The number of aryl methyl sites for hydroxylation is 2. The van der Waals surface area contributed by atoms with E-state index in [0.29, 0.717) is 40.1 Å². The number of hydrogen-bond donors (Lipinski definition) is 5. The summed E-state index contributed by atoms with van der Waals surface area (Å²) in [5, 5.41) is 18.2. The summed E-state index contributed by atoms with van der Waals surface area (Å²) in [4.78, 5) is 56.2. The van der Waals surface area contributed by atoms with E-state index < -0.39 is 18.6 Å². The molecule has 3 aromatic carbocycles. The van der Waals surface area contributed by atoms with Gasteiger partial charge in [-0.25, -0.2) is 4.98 Å². The summed E-state index contributed by atoms with van der Waals surface area (Å²) in [6, 6.07) is 18.0. The van der Waals surface area contributed by atoms with Crippen molar-refractivity contribution in [3.63, 3.8) is 0 Å². The van der Waals surface area contributed by atoms with Crippen LogP contribution in [0.25, 0.3) is 10.9 Å². The van der Waals surface area contributed by atoms with Crippen LogP contribution in [0.2, 0.25) is 0 Å². The number of amides is 3. The van der Waals surface area contributed by atoms with Crippen molar-refractivity contribution < 1.29 is 23.7 Å². The second-order valence-electron chi connectivity index (χ2n) is 18.3. The highest BCUT2D eigenvalue weighted by atomic mass is 79.9. The van der Waals surface area contributed by atoms with Crippen molar-refractivity contribution in [1.29, 1.82) is 0 Å². The number of ether oxygens (including phenoxy) is 1. The molecule has 1 atom stereocenters. The van der Waals surface area contributed by atoms with Gasteiger partial charge in [-0.1, -0.05) is 25.1 Å². The molecular weight excluding hydrogens is 919 g/mol. The van der Waals surface area contributed by atoms with Gasteiger partial charge in [0.1, 0.15) is 24.8 Å². The third-order valence-corrected chi connectivity index (χ3v) is 15.6. The molecule has 5 heterocycles. The van der Waals surface area contributed by atoms with Crippen LogP contribution in [0.1, 0.15) is 67.8 Å². The second-order valence-corrected chi connectivity index (χ2v) is 22.3. The second kappa shape index (κ2) is 18.7. The monoisotopic (exact) mass is 976 g/mol. The third kappa shape index (κ3) is 9.17. The highest BCUT2D eigenvalue weighted by Gasteiger charge is 2.61. The number of imide groups is 1. The van der Waals surface area contributed by atoms with E-state index in [9.17, 15) is 18.9 Å². The first kappa shape index (κ1) is 45.7. The SMILES string of the molecule is CCc1cc(Nc2ncc(Br)c(Nc3ccc4nc(C)ccc4c3P(C)(C)=O)n2)c(OC)cc1N1CCC(NCCNCCc2ccc3c(c2)C2(CC2)C(=O)N3C2CCC(=O)NC2=O)CC1. The van der Waals surface area contributed by atoms with E-state index in [1.807, 2.05) is 37.3 Å². The van der Waals surface area contributed by atoms with Crippen molar-refractivity contribution in [2.45, 2.75) is 82.7 Å². The van der Waals surface area contributed by atoms with Gasteiger partial charge in [-0.3, -0.25) is 29.6 Å². The molecule has 0 bridgehead atoms. The van der Waals surface area contributed by atoms with E-state index in [1.54, 1.807) is 31.5 Å². The Morgan fingerprint density at radius 2 is 1.73 bits per heavy atom. The number of nitrogens with one attached hydrogen (secondary N) is 5. The number of fused-ring (bicyclic) bond motifs is 3. The molecule has 9 rings (SSSR count). The summed E-state index contributed by atoms with van der Waals surface area (Å²) in [5.74, 6) is 0.959. The maximum atomic E-state index is 13.6. The van der Waals surface area contributed by atoms with Crippen LogP contribution in [0.15, 0.2) is 65.3 Å². The minimum Gasteiger partial charge on any atom is -0.494 e. The Labute approximate surface area is 394 Å². The van der Waals surface area contributed by atoms with Gasteiger partial charge in [-0.15, -0.1) is 0 Å². The van der Waals surface area contributed by atoms with Crippen LogP contribution in [0, 0.1) is 6.92 Å². The Balaban J connectivity index is 0.772. The van der Waals surface area contributed by atoms with Crippen molar-refractivity contribution in [3.8, 4) is 5.75 Å². The maximum Gasteiger partial charge on any atom is 0.249 e. The number of pyridine rings is 1. The molecular formula is C49H58BrN10O5P. The molecule has 1 spiro atoms. The third-order valence-electron chi connectivity index (χ3n) is 13.4. The van der Waals surface area contributed by atoms with Gasteiger partial charge in [0, 0.05) is 78.7 Å². The molecule has 5 N–H and O–H groups in total. The minimum atomic E-state index is -2.73. The lowest BCUT2D eigenvalue weighted by Crippen LogP contribution is -2.54. The molecule has 66 heavy (non-hydrogen) atoms. The molecule has 3 amide bonds. The van der Waals surface area contributed by atoms with Crippen molar-refractivity contribution in [2.24, 2.45) is 0 Å². The molecule has 3 fully saturated rings. The normalized spacial score (nSPS) is 18.2. The first-order valence-electron chi connectivity index (χ1n) is 23.0. The van der Waals surface area contributed by atoms with E-state index in [-0.39, 0.29) is 24.1 Å². The Hall–Kier alpha value is -5.41. The van der Waals surface area contributed by atoms with Crippen molar-refractivity contribution in [1.82, 2.24) is 30.9 Å². The fraction of sp³-hybridized carbons (Fsp3) is 0.429. The predicted molar refractivity (Wildman–Crippen MR) is 265 cm³/mol. The molecule has 4 aliphatic rings. The quantitative estimate of drug-likeness (QED) is 0.0389. The van der Waals surface area contributed by atoms with E-state index >= 15 is 0 Å². The molecule has 1 saturated carbocycles. The Morgan fingerprint density at radius 1 is 0.924 bits per heavy atom. The Morgan fingerprint density at radius 3 is 2.45 bits per heavy atom. The molecule has 3 aliphatic heterocycles. The predicted octanol–water partition coefficient (Wildman–Crippen LogP) is 6.98. The number of methoxy groups -OCH3 is 1. The van der Waals surface area contributed by atoms with Gasteiger partial charge in [-0.05, 0) is 135 Å². The molecule has 2 aromatic heterocycles. The largest absolute Gasteiger partial charge is 0.494 e. The zero-order valence-corrected chi connectivity index (χ0v) is 40.7. The number of hydrogen-bond acceptors (Lipinski definition) is 13. The summed E-state index contributed by atoms with van der Waals surface area (Å²) < 4.78 is 20.2. The van der Waals surface area contributed by atoms with Crippen molar-refractivity contribution in [3.05, 3.63) is 87.7 Å². The molecule has 1 unspecified atom stereocenters. The van der Waals surface area contributed by atoms with Gasteiger partial charge in [0.15, 0.2) is 0 Å². The molecule has 0 radical (unpaired) electrons. The van der Waals surface area contributed by atoms with Crippen molar-refractivity contribution >= 4 is 91.5 Å². The smallest absolute Gasteiger partial charge is 0.249 e. The first-order valence-corrected chi connectivity index (χ1v) is 26.4. The lowest BCUT2D eigenvalue weighted by atomic mass is 9.95.